The third-order valence-electron chi connectivity index (χ3n) is 3.20. The van der Waals surface area contributed by atoms with Gasteiger partial charge in [-0.1, -0.05) is 0 Å². The number of halogens is 1. The van der Waals surface area contributed by atoms with Crippen LogP contribution in [0.2, 0.25) is 0 Å². The van der Waals surface area contributed by atoms with Crippen molar-refractivity contribution in [3.63, 3.8) is 0 Å². The van der Waals surface area contributed by atoms with Crippen molar-refractivity contribution in [2.75, 3.05) is 12.3 Å². The molecule has 2 heterocycles. The van der Waals surface area contributed by atoms with Gasteiger partial charge in [0.15, 0.2) is 18.4 Å². The van der Waals surface area contributed by atoms with Crippen LogP contribution in [0.3, 0.4) is 0 Å². The van der Waals surface area contributed by atoms with Gasteiger partial charge >= 0.3 is 0 Å². The van der Waals surface area contributed by atoms with E-state index in [9.17, 15) is 0 Å². The largest absolute Gasteiger partial charge is 1.00 e. The van der Waals surface area contributed by atoms with Gasteiger partial charge in [0.1, 0.15) is 11.6 Å². The summed E-state index contributed by atoms with van der Waals surface area (Å²) < 4.78 is 2.09. The lowest BCUT2D eigenvalue weighted by atomic mass is 10.1. The number of rotatable bonds is 4. The van der Waals surface area contributed by atoms with Crippen LogP contribution in [-0.2, 0) is 13.0 Å². The van der Waals surface area contributed by atoms with E-state index in [4.69, 9.17) is 10.8 Å². The van der Waals surface area contributed by atoms with E-state index in [-0.39, 0.29) is 23.6 Å². The predicted molar refractivity (Wildman–Crippen MR) is 72.4 cm³/mol. The Kier molecular flexibility index (Phi) is 6.04. The molecular weight excluding hydrogens is 320 g/mol. The number of nitrogens with two attached hydrogens (primary N) is 1. The molecule has 0 fully saturated rings. The lowest BCUT2D eigenvalue weighted by molar-refractivity contribution is -0.694. The fourth-order valence-corrected chi connectivity index (χ4v) is 2.05. The van der Waals surface area contributed by atoms with Gasteiger partial charge in [0.25, 0.3) is 0 Å². The zero-order chi connectivity index (χ0) is 13.8. The van der Waals surface area contributed by atoms with Gasteiger partial charge in [0, 0.05) is 37.8 Å². The van der Waals surface area contributed by atoms with Gasteiger partial charge in [-0.15, -0.1) is 0 Å². The number of nitrogen functional groups attached to an aromatic ring is 1. The molecule has 2 aromatic rings. The highest BCUT2D eigenvalue weighted by Gasteiger charge is 2.14. The van der Waals surface area contributed by atoms with E-state index >= 15 is 0 Å². The highest BCUT2D eigenvalue weighted by Crippen LogP contribution is 2.08. The molecule has 0 aliphatic carbocycles. The average Bonchev–Trinajstić information content (AvgIpc) is 2.37. The van der Waals surface area contributed by atoms with Crippen LogP contribution >= 0.6 is 0 Å². The minimum absolute atomic E-state index is 0. The van der Waals surface area contributed by atoms with Crippen molar-refractivity contribution in [2.24, 2.45) is 0 Å². The highest BCUT2D eigenvalue weighted by atomic mass is 79.9. The van der Waals surface area contributed by atoms with E-state index in [1.165, 1.54) is 0 Å². The Balaban J connectivity index is 0.00000200. The molecule has 2 aromatic heterocycles. The van der Waals surface area contributed by atoms with Crippen molar-refractivity contribution >= 4 is 5.82 Å². The lowest BCUT2D eigenvalue weighted by Crippen LogP contribution is -3.00. The van der Waals surface area contributed by atoms with Gasteiger partial charge in [-0.25, -0.2) is 9.97 Å². The number of aromatic nitrogens is 3. The van der Waals surface area contributed by atoms with Crippen LogP contribution in [0.25, 0.3) is 0 Å². The van der Waals surface area contributed by atoms with Crippen molar-refractivity contribution in [2.45, 2.75) is 26.8 Å². The summed E-state index contributed by atoms with van der Waals surface area (Å²) in [6.07, 6.45) is 4.42. The van der Waals surface area contributed by atoms with E-state index in [0.29, 0.717) is 24.6 Å². The van der Waals surface area contributed by atoms with E-state index in [1.807, 2.05) is 32.2 Å². The van der Waals surface area contributed by atoms with Gasteiger partial charge < -0.3 is 27.8 Å². The number of aliphatic hydroxyl groups is 1. The Morgan fingerprint density at radius 1 is 1.30 bits per heavy atom. The molecule has 2 rings (SSSR count). The number of nitrogens with zero attached hydrogens (tertiary/aromatic N) is 3. The molecule has 0 saturated heterocycles. The third kappa shape index (κ3) is 3.74. The SMILES string of the molecule is Cc1ncc(C[n+]2cccc(CCO)c2C)c(N)n1.[Br-]. The summed E-state index contributed by atoms with van der Waals surface area (Å²) in [5.74, 6) is 1.20. The highest BCUT2D eigenvalue weighted by molar-refractivity contribution is 5.36. The van der Waals surface area contributed by atoms with Crippen LogP contribution in [0.4, 0.5) is 5.82 Å². The molecule has 0 aliphatic heterocycles. The molecule has 20 heavy (non-hydrogen) atoms. The first-order valence-electron chi connectivity index (χ1n) is 6.28. The summed E-state index contributed by atoms with van der Waals surface area (Å²) in [6, 6.07) is 4.00. The van der Waals surface area contributed by atoms with Crippen molar-refractivity contribution in [3.05, 3.63) is 47.2 Å². The van der Waals surface area contributed by atoms with Gasteiger partial charge in [-0.2, -0.15) is 4.57 Å². The van der Waals surface area contributed by atoms with Gasteiger partial charge in [0.2, 0.25) is 0 Å². The predicted octanol–water partition coefficient (Wildman–Crippen LogP) is -2.45. The van der Waals surface area contributed by atoms with Crippen molar-refractivity contribution in [1.29, 1.82) is 0 Å². The van der Waals surface area contributed by atoms with E-state index < -0.39 is 0 Å². The molecule has 5 nitrogen and oxygen atoms in total. The van der Waals surface area contributed by atoms with Gasteiger partial charge in [-0.3, -0.25) is 0 Å². The molecule has 108 valence electrons. The molecule has 0 bridgehead atoms. The standard InChI is InChI=1S/C14H19N4O.BrH/c1-10-12(5-7-19)4-3-6-18(10)9-13-8-16-11(2)17-14(13)15;/h3-4,6,8,19H,5,7,9H2,1-2H3,(H2,15,16,17);1H/q+1;/p-1. The fourth-order valence-electron chi connectivity index (χ4n) is 2.05. The third-order valence-corrected chi connectivity index (χ3v) is 3.20. The fraction of sp³-hybridized carbons (Fsp3) is 0.357. The van der Waals surface area contributed by atoms with Gasteiger partial charge in [0.05, 0.1) is 5.56 Å². The summed E-state index contributed by atoms with van der Waals surface area (Å²) in [5.41, 5.74) is 9.07. The molecule has 0 radical (unpaired) electrons. The van der Waals surface area contributed by atoms with Crippen molar-refractivity contribution < 1.29 is 26.7 Å². The summed E-state index contributed by atoms with van der Waals surface area (Å²) >= 11 is 0. The second-order valence-corrected chi connectivity index (χ2v) is 4.55. The molecular formula is C14H19BrN4O. The zero-order valence-electron chi connectivity index (χ0n) is 11.7. The second kappa shape index (κ2) is 7.31. The number of aryl methyl sites for hydroxylation is 1. The van der Waals surface area contributed by atoms with Crippen LogP contribution in [0.1, 0.15) is 22.6 Å². The summed E-state index contributed by atoms with van der Waals surface area (Å²) in [5, 5.41) is 9.05. The first-order chi connectivity index (χ1) is 9.11. The minimum atomic E-state index is 0. The zero-order valence-corrected chi connectivity index (χ0v) is 13.3. The molecule has 0 atom stereocenters. The molecule has 0 unspecified atom stereocenters. The molecule has 0 aromatic carbocycles. The monoisotopic (exact) mass is 338 g/mol. The quantitative estimate of drug-likeness (QED) is 0.607. The summed E-state index contributed by atoms with van der Waals surface area (Å²) in [7, 11) is 0. The Labute approximate surface area is 129 Å². The Morgan fingerprint density at radius 3 is 2.70 bits per heavy atom. The molecule has 3 N–H and O–H groups in total. The van der Waals surface area contributed by atoms with Crippen LogP contribution in [0.5, 0.6) is 0 Å². The normalized spacial score (nSPS) is 10.2. The maximum absolute atomic E-state index is 9.05. The summed E-state index contributed by atoms with van der Waals surface area (Å²) in [6.45, 7) is 4.65. The number of hydrogen-bond acceptors (Lipinski definition) is 4. The Morgan fingerprint density at radius 2 is 2.05 bits per heavy atom. The Hall–Kier alpha value is -1.53. The van der Waals surface area contributed by atoms with E-state index in [2.05, 4.69) is 14.5 Å². The van der Waals surface area contributed by atoms with Crippen LogP contribution < -0.4 is 27.3 Å². The Bertz CT molecular complexity index is 589. The van der Waals surface area contributed by atoms with Crippen molar-refractivity contribution in [1.82, 2.24) is 9.97 Å². The molecule has 6 heteroatoms. The number of anilines is 1. The molecule has 0 amide bonds. The molecule has 0 aliphatic rings. The number of hydrogen-bond donors (Lipinski definition) is 2. The number of pyridine rings is 1. The van der Waals surface area contributed by atoms with Crippen LogP contribution in [0.15, 0.2) is 24.5 Å². The summed E-state index contributed by atoms with van der Waals surface area (Å²) in [4.78, 5) is 8.35. The van der Waals surface area contributed by atoms with Crippen molar-refractivity contribution in [3.8, 4) is 0 Å². The maximum Gasteiger partial charge on any atom is 0.181 e. The second-order valence-electron chi connectivity index (χ2n) is 4.55. The minimum Gasteiger partial charge on any atom is -1.00 e. The average molecular weight is 339 g/mol. The molecule has 0 saturated carbocycles. The van der Waals surface area contributed by atoms with E-state index in [1.54, 1.807) is 6.20 Å². The smallest absolute Gasteiger partial charge is 0.181 e. The van der Waals surface area contributed by atoms with Crippen LogP contribution in [-0.4, -0.2) is 21.7 Å². The lowest BCUT2D eigenvalue weighted by Gasteiger charge is -2.06. The van der Waals surface area contributed by atoms with Gasteiger partial charge in [-0.05, 0) is 13.0 Å². The first kappa shape index (κ1) is 16.5. The molecule has 0 spiro atoms. The first-order valence-corrected chi connectivity index (χ1v) is 6.28. The van der Waals surface area contributed by atoms with Crippen LogP contribution in [0, 0.1) is 13.8 Å². The van der Waals surface area contributed by atoms with E-state index in [0.717, 1.165) is 16.8 Å². The maximum atomic E-state index is 9.05. The number of aliphatic hydroxyl groups excluding tert-OH is 1. The topological polar surface area (TPSA) is 75.9 Å².